The van der Waals surface area contributed by atoms with Crippen LogP contribution in [0.4, 0.5) is 5.69 Å². The van der Waals surface area contributed by atoms with Crippen LogP contribution in [0.2, 0.25) is 5.02 Å². The van der Waals surface area contributed by atoms with Gasteiger partial charge in [-0.2, -0.15) is 0 Å². The van der Waals surface area contributed by atoms with Gasteiger partial charge in [0.2, 0.25) is 0 Å². The maximum atomic E-state index is 6.12. The van der Waals surface area contributed by atoms with E-state index in [1.165, 1.54) is 24.1 Å². The zero-order chi connectivity index (χ0) is 17.1. The standard InChI is InChI=1S/C21H24ClN3/c22-18-7-3-5-16(13-18)15-24-20-21(9-4-11-23-12-10-21)14-17-6-1-2-8-19(17)25-20/h1-3,5-8,13,23H,4,9-12,14-15H2,(H,24,25). The van der Waals surface area contributed by atoms with Gasteiger partial charge in [-0.1, -0.05) is 41.9 Å². The van der Waals surface area contributed by atoms with Gasteiger partial charge in [0.1, 0.15) is 5.84 Å². The SMILES string of the molecule is Clc1cccc(CN=C2Nc3ccccc3CC23CCCNCC3)c1. The molecule has 25 heavy (non-hydrogen) atoms. The van der Waals surface area contributed by atoms with Crippen molar-refractivity contribution < 1.29 is 0 Å². The van der Waals surface area contributed by atoms with Crippen molar-refractivity contribution in [1.82, 2.24) is 5.32 Å². The highest BCUT2D eigenvalue weighted by Crippen LogP contribution is 2.41. The number of nitrogens with one attached hydrogen (secondary N) is 2. The van der Waals surface area contributed by atoms with Crippen LogP contribution in [0.5, 0.6) is 0 Å². The number of hydrogen-bond acceptors (Lipinski definition) is 2. The summed E-state index contributed by atoms with van der Waals surface area (Å²) in [6.45, 7) is 2.82. The van der Waals surface area contributed by atoms with Crippen LogP contribution in [0.15, 0.2) is 53.5 Å². The number of para-hydroxylation sites is 1. The zero-order valence-electron chi connectivity index (χ0n) is 14.4. The van der Waals surface area contributed by atoms with Crippen LogP contribution in [0.25, 0.3) is 0 Å². The fraction of sp³-hybridized carbons (Fsp3) is 0.381. The summed E-state index contributed by atoms with van der Waals surface area (Å²) in [6.07, 6.45) is 4.57. The molecule has 1 unspecified atom stereocenters. The van der Waals surface area contributed by atoms with Gasteiger partial charge in [0, 0.05) is 16.1 Å². The van der Waals surface area contributed by atoms with Crippen LogP contribution in [0.3, 0.4) is 0 Å². The quantitative estimate of drug-likeness (QED) is 0.823. The van der Waals surface area contributed by atoms with Gasteiger partial charge in [0.15, 0.2) is 0 Å². The van der Waals surface area contributed by atoms with E-state index in [2.05, 4.69) is 41.0 Å². The van der Waals surface area contributed by atoms with Crippen molar-refractivity contribution in [3.8, 4) is 0 Å². The molecule has 2 heterocycles. The first-order valence-corrected chi connectivity index (χ1v) is 9.48. The van der Waals surface area contributed by atoms with Crippen LogP contribution < -0.4 is 10.6 Å². The van der Waals surface area contributed by atoms with Crippen LogP contribution in [-0.2, 0) is 13.0 Å². The van der Waals surface area contributed by atoms with Crippen LogP contribution in [0, 0.1) is 5.41 Å². The Morgan fingerprint density at radius 2 is 1.96 bits per heavy atom. The molecule has 0 bridgehead atoms. The normalized spacial score (nSPS) is 24.6. The summed E-state index contributed by atoms with van der Waals surface area (Å²) in [6, 6.07) is 16.6. The van der Waals surface area contributed by atoms with Gasteiger partial charge < -0.3 is 10.6 Å². The van der Waals surface area contributed by atoms with E-state index in [0.29, 0.717) is 6.54 Å². The second-order valence-corrected chi connectivity index (χ2v) is 7.57. The smallest absolute Gasteiger partial charge is 0.108 e. The molecule has 0 aromatic heterocycles. The van der Waals surface area contributed by atoms with E-state index in [9.17, 15) is 0 Å². The van der Waals surface area contributed by atoms with E-state index in [-0.39, 0.29) is 5.41 Å². The highest BCUT2D eigenvalue weighted by molar-refractivity contribution is 6.30. The van der Waals surface area contributed by atoms with Crippen molar-refractivity contribution in [2.24, 2.45) is 10.4 Å². The van der Waals surface area contributed by atoms with E-state index < -0.39 is 0 Å². The van der Waals surface area contributed by atoms with Crippen LogP contribution in [0.1, 0.15) is 30.4 Å². The highest BCUT2D eigenvalue weighted by atomic mass is 35.5. The average Bonchev–Trinajstić information content (AvgIpc) is 2.86. The lowest BCUT2D eigenvalue weighted by atomic mass is 9.72. The predicted molar refractivity (Wildman–Crippen MR) is 106 cm³/mol. The molecule has 4 heteroatoms. The fourth-order valence-electron chi connectivity index (χ4n) is 4.06. The Labute approximate surface area is 154 Å². The first-order valence-electron chi connectivity index (χ1n) is 9.10. The van der Waals surface area contributed by atoms with Gasteiger partial charge in [0.05, 0.1) is 6.54 Å². The second-order valence-electron chi connectivity index (χ2n) is 7.14. The van der Waals surface area contributed by atoms with Gasteiger partial charge in [-0.3, -0.25) is 4.99 Å². The molecular weight excluding hydrogens is 330 g/mol. The number of halogens is 1. The first kappa shape index (κ1) is 16.6. The molecule has 0 aliphatic carbocycles. The molecule has 2 N–H and O–H groups in total. The van der Waals surface area contributed by atoms with Crippen molar-refractivity contribution >= 4 is 23.1 Å². The molecule has 3 nitrogen and oxygen atoms in total. The average molecular weight is 354 g/mol. The lowest BCUT2D eigenvalue weighted by Gasteiger charge is -2.39. The van der Waals surface area contributed by atoms with Crippen molar-refractivity contribution in [2.45, 2.75) is 32.2 Å². The summed E-state index contributed by atoms with van der Waals surface area (Å²) in [7, 11) is 0. The van der Waals surface area contributed by atoms with Crippen LogP contribution >= 0.6 is 11.6 Å². The Morgan fingerprint density at radius 1 is 1.04 bits per heavy atom. The molecule has 2 aliphatic rings. The molecule has 1 spiro atoms. The Morgan fingerprint density at radius 3 is 2.88 bits per heavy atom. The maximum Gasteiger partial charge on any atom is 0.108 e. The minimum absolute atomic E-state index is 0.121. The third-order valence-electron chi connectivity index (χ3n) is 5.40. The summed E-state index contributed by atoms with van der Waals surface area (Å²) in [5, 5.41) is 7.98. The molecule has 130 valence electrons. The van der Waals surface area contributed by atoms with Gasteiger partial charge in [-0.05, 0) is 68.1 Å². The molecule has 4 rings (SSSR count). The van der Waals surface area contributed by atoms with E-state index in [1.807, 2.05) is 18.2 Å². The number of rotatable bonds is 2. The summed E-state index contributed by atoms with van der Waals surface area (Å²) >= 11 is 6.12. The number of hydrogen-bond donors (Lipinski definition) is 2. The van der Waals surface area contributed by atoms with Gasteiger partial charge in [-0.15, -0.1) is 0 Å². The number of nitrogens with zero attached hydrogens (tertiary/aromatic N) is 1. The maximum absolute atomic E-state index is 6.12. The van der Waals surface area contributed by atoms with E-state index in [4.69, 9.17) is 16.6 Å². The molecule has 2 aliphatic heterocycles. The molecule has 2 aromatic carbocycles. The van der Waals surface area contributed by atoms with E-state index in [0.717, 1.165) is 42.4 Å². The molecule has 1 atom stereocenters. The Kier molecular flexibility index (Phi) is 4.78. The molecule has 0 saturated carbocycles. The Balaban J connectivity index is 1.67. The number of anilines is 1. The fourth-order valence-corrected chi connectivity index (χ4v) is 4.27. The van der Waals surface area contributed by atoms with Crippen molar-refractivity contribution in [3.63, 3.8) is 0 Å². The summed E-state index contributed by atoms with van der Waals surface area (Å²) in [5.74, 6) is 1.15. The Hall–Kier alpha value is -1.84. The monoisotopic (exact) mass is 353 g/mol. The topological polar surface area (TPSA) is 36.4 Å². The molecule has 2 aromatic rings. The first-order chi connectivity index (χ1) is 12.3. The van der Waals surface area contributed by atoms with E-state index in [1.54, 1.807) is 0 Å². The van der Waals surface area contributed by atoms with Crippen molar-refractivity contribution in [2.75, 3.05) is 18.4 Å². The van der Waals surface area contributed by atoms with Crippen molar-refractivity contribution in [1.29, 1.82) is 0 Å². The zero-order valence-corrected chi connectivity index (χ0v) is 15.1. The number of fused-ring (bicyclic) bond motifs is 1. The minimum Gasteiger partial charge on any atom is -0.343 e. The Bertz CT molecular complexity index is 776. The van der Waals surface area contributed by atoms with Crippen LogP contribution in [-0.4, -0.2) is 18.9 Å². The number of aliphatic imine (C=N–C) groups is 1. The molecule has 0 amide bonds. The highest BCUT2D eigenvalue weighted by Gasteiger charge is 2.40. The van der Waals surface area contributed by atoms with Gasteiger partial charge >= 0.3 is 0 Å². The predicted octanol–water partition coefficient (Wildman–Crippen LogP) is 4.67. The van der Waals surface area contributed by atoms with Gasteiger partial charge in [-0.25, -0.2) is 0 Å². The van der Waals surface area contributed by atoms with E-state index >= 15 is 0 Å². The number of benzene rings is 2. The molecule has 1 saturated heterocycles. The summed E-state index contributed by atoms with van der Waals surface area (Å²) < 4.78 is 0. The minimum atomic E-state index is 0.121. The molecular formula is C21H24ClN3. The largest absolute Gasteiger partial charge is 0.343 e. The lowest BCUT2D eigenvalue weighted by molar-refractivity contribution is 0.363. The van der Waals surface area contributed by atoms with Gasteiger partial charge in [0.25, 0.3) is 0 Å². The second kappa shape index (κ2) is 7.19. The van der Waals surface area contributed by atoms with Crippen molar-refractivity contribution in [3.05, 3.63) is 64.7 Å². The summed E-state index contributed by atoms with van der Waals surface area (Å²) in [4.78, 5) is 5.03. The third kappa shape index (κ3) is 3.58. The lowest BCUT2D eigenvalue weighted by Crippen LogP contribution is -2.42. The summed E-state index contributed by atoms with van der Waals surface area (Å²) in [5.41, 5.74) is 3.89. The number of amidine groups is 1. The molecule has 0 radical (unpaired) electrons. The molecule has 1 fully saturated rings. The third-order valence-corrected chi connectivity index (χ3v) is 5.63.